The molecule has 3 rings (SSSR count). The van der Waals surface area contributed by atoms with E-state index in [1.807, 2.05) is 0 Å². The zero-order valence-electron chi connectivity index (χ0n) is 14.3. The number of nitrogens with zero attached hydrogens (tertiary/aromatic N) is 1. The van der Waals surface area contributed by atoms with Crippen molar-refractivity contribution in [3.8, 4) is 5.75 Å². The normalized spacial score (nSPS) is 21.4. The van der Waals surface area contributed by atoms with Gasteiger partial charge in [-0.05, 0) is 42.9 Å². The lowest BCUT2D eigenvalue weighted by Gasteiger charge is -2.27. The molecule has 1 aromatic carbocycles. The SMILES string of the molecule is O=C1CN(c2c(O)cc3c(c2F)CCC(OCCCC(F)F)C3)S(=O)(=O)N1. The molecule has 2 aliphatic rings. The lowest BCUT2D eigenvalue weighted by atomic mass is 9.88. The number of aromatic hydroxyl groups is 1. The van der Waals surface area contributed by atoms with Gasteiger partial charge in [0.25, 0.3) is 5.91 Å². The molecular weight excluding hydrogens is 389 g/mol. The number of ether oxygens (including phenoxy) is 1. The second-order valence-corrected chi connectivity index (χ2v) is 8.10. The molecule has 11 heteroatoms. The van der Waals surface area contributed by atoms with Gasteiger partial charge in [0.05, 0.1) is 6.10 Å². The van der Waals surface area contributed by atoms with Crippen molar-refractivity contribution in [1.82, 2.24) is 4.72 Å². The Balaban J connectivity index is 1.77. The van der Waals surface area contributed by atoms with E-state index >= 15 is 0 Å². The maximum absolute atomic E-state index is 14.9. The fourth-order valence-electron chi connectivity index (χ4n) is 3.33. The number of hydrogen-bond acceptors (Lipinski definition) is 5. The van der Waals surface area contributed by atoms with Gasteiger partial charge in [0.15, 0.2) is 5.82 Å². The Morgan fingerprint density at radius 1 is 1.41 bits per heavy atom. The van der Waals surface area contributed by atoms with Gasteiger partial charge in [-0.25, -0.2) is 22.2 Å². The molecule has 7 nitrogen and oxygen atoms in total. The van der Waals surface area contributed by atoms with Crippen molar-refractivity contribution in [3.05, 3.63) is 23.0 Å². The first-order chi connectivity index (χ1) is 12.7. The molecule has 2 N–H and O–H groups in total. The third-order valence-electron chi connectivity index (χ3n) is 4.57. The molecule has 1 unspecified atom stereocenters. The third kappa shape index (κ3) is 4.13. The molecule has 0 aromatic heterocycles. The van der Waals surface area contributed by atoms with Crippen LogP contribution in [0.3, 0.4) is 0 Å². The average molecular weight is 408 g/mol. The molecule has 0 saturated carbocycles. The highest BCUT2D eigenvalue weighted by Gasteiger charge is 2.39. The number of rotatable bonds is 6. The number of hydrogen-bond donors (Lipinski definition) is 2. The Morgan fingerprint density at radius 3 is 2.78 bits per heavy atom. The van der Waals surface area contributed by atoms with E-state index in [4.69, 9.17) is 4.74 Å². The number of fused-ring (bicyclic) bond motifs is 1. The zero-order chi connectivity index (χ0) is 19.8. The summed E-state index contributed by atoms with van der Waals surface area (Å²) in [6, 6.07) is 1.26. The third-order valence-corrected chi connectivity index (χ3v) is 5.95. The lowest BCUT2D eigenvalue weighted by molar-refractivity contribution is -0.117. The number of carbonyl (C=O) groups excluding carboxylic acids is 1. The van der Waals surface area contributed by atoms with Crippen LogP contribution in [-0.2, 0) is 32.6 Å². The molecule has 1 atom stereocenters. The number of amides is 1. The van der Waals surface area contributed by atoms with Crippen molar-refractivity contribution in [2.75, 3.05) is 17.5 Å². The number of carbonyl (C=O) groups is 1. The van der Waals surface area contributed by atoms with Crippen molar-refractivity contribution in [3.63, 3.8) is 0 Å². The number of anilines is 1. The molecule has 1 amide bonds. The summed E-state index contributed by atoms with van der Waals surface area (Å²) in [7, 11) is -4.25. The number of nitrogens with one attached hydrogen (secondary N) is 1. The number of phenols is 1. The minimum absolute atomic E-state index is 0.163. The quantitative estimate of drug-likeness (QED) is 0.698. The Morgan fingerprint density at radius 2 is 2.15 bits per heavy atom. The molecule has 27 heavy (non-hydrogen) atoms. The molecule has 150 valence electrons. The first-order valence-corrected chi connectivity index (χ1v) is 9.89. The van der Waals surface area contributed by atoms with Crippen LogP contribution in [0.2, 0.25) is 0 Å². The highest BCUT2D eigenvalue weighted by molar-refractivity contribution is 7.92. The smallest absolute Gasteiger partial charge is 0.326 e. The van der Waals surface area contributed by atoms with Crippen LogP contribution in [-0.4, -0.2) is 45.1 Å². The van der Waals surface area contributed by atoms with Gasteiger partial charge in [-0.15, -0.1) is 0 Å². The second kappa shape index (κ2) is 7.55. The van der Waals surface area contributed by atoms with Gasteiger partial charge in [-0.1, -0.05) is 0 Å². The maximum atomic E-state index is 14.9. The summed E-state index contributed by atoms with van der Waals surface area (Å²) >= 11 is 0. The minimum atomic E-state index is -4.25. The standard InChI is InChI=1S/C16H19F3N2O5S/c17-13(18)2-1-5-26-10-3-4-11-9(6-10)7-12(22)16(15(11)19)21-8-14(23)20-27(21,24)25/h7,10,13,22H,1-6,8H2,(H,20,23). The van der Waals surface area contributed by atoms with E-state index < -0.39 is 46.3 Å². The van der Waals surface area contributed by atoms with Crippen LogP contribution < -0.4 is 9.03 Å². The van der Waals surface area contributed by atoms with Crippen molar-refractivity contribution in [2.24, 2.45) is 0 Å². The van der Waals surface area contributed by atoms with Crippen LogP contribution in [0.4, 0.5) is 18.9 Å². The molecule has 1 heterocycles. The van der Waals surface area contributed by atoms with Gasteiger partial charge in [0, 0.05) is 13.0 Å². The summed E-state index contributed by atoms with van der Waals surface area (Å²) < 4.78 is 70.9. The topological polar surface area (TPSA) is 95.9 Å². The Hall–Kier alpha value is -2.01. The summed E-state index contributed by atoms with van der Waals surface area (Å²) in [5, 5.41) is 10.2. The molecule has 1 aromatic rings. The predicted octanol–water partition coefficient (Wildman–Crippen LogP) is 1.63. The molecule has 1 aliphatic heterocycles. The molecule has 0 spiro atoms. The molecular formula is C16H19F3N2O5S. The van der Waals surface area contributed by atoms with Gasteiger partial charge in [0.1, 0.15) is 18.0 Å². The van der Waals surface area contributed by atoms with E-state index in [9.17, 15) is 31.5 Å². The van der Waals surface area contributed by atoms with E-state index in [2.05, 4.69) is 0 Å². The number of halogens is 3. The first-order valence-electron chi connectivity index (χ1n) is 8.45. The summed E-state index contributed by atoms with van der Waals surface area (Å²) in [5.41, 5.74) is 0.169. The minimum Gasteiger partial charge on any atom is -0.506 e. The molecule has 1 fully saturated rings. The monoisotopic (exact) mass is 408 g/mol. The summed E-state index contributed by atoms with van der Waals surface area (Å²) in [6.45, 7) is -0.446. The van der Waals surface area contributed by atoms with E-state index in [-0.39, 0.29) is 44.0 Å². The van der Waals surface area contributed by atoms with E-state index in [0.29, 0.717) is 16.3 Å². The fourth-order valence-corrected chi connectivity index (χ4v) is 4.50. The van der Waals surface area contributed by atoms with Crippen molar-refractivity contribution < 1.29 is 36.2 Å². The van der Waals surface area contributed by atoms with Crippen molar-refractivity contribution in [1.29, 1.82) is 0 Å². The number of alkyl halides is 2. The number of phenolic OH excluding ortho intramolecular Hbond substituents is 1. The fraction of sp³-hybridized carbons (Fsp3) is 0.562. The Kier molecular flexibility index (Phi) is 5.52. The van der Waals surface area contributed by atoms with Gasteiger partial charge >= 0.3 is 10.2 Å². The van der Waals surface area contributed by atoms with E-state index in [0.717, 1.165) is 0 Å². The van der Waals surface area contributed by atoms with E-state index in [1.54, 1.807) is 4.72 Å². The average Bonchev–Trinajstić information content (AvgIpc) is 2.83. The molecule has 0 radical (unpaired) electrons. The first kappa shape index (κ1) is 19.7. The number of benzene rings is 1. The van der Waals surface area contributed by atoms with Crippen molar-refractivity contribution >= 4 is 21.8 Å². The predicted molar refractivity (Wildman–Crippen MR) is 89.5 cm³/mol. The van der Waals surface area contributed by atoms with Crippen LogP contribution in [0.1, 0.15) is 30.4 Å². The van der Waals surface area contributed by atoms with Crippen LogP contribution in [0.15, 0.2) is 6.07 Å². The van der Waals surface area contributed by atoms with Gasteiger partial charge in [0.2, 0.25) is 6.43 Å². The zero-order valence-corrected chi connectivity index (χ0v) is 15.1. The van der Waals surface area contributed by atoms with Crippen LogP contribution in [0.5, 0.6) is 5.75 Å². The highest BCUT2D eigenvalue weighted by atomic mass is 32.2. The van der Waals surface area contributed by atoms with Crippen molar-refractivity contribution in [2.45, 2.75) is 44.6 Å². The van der Waals surface area contributed by atoms with Crippen LogP contribution in [0, 0.1) is 5.82 Å². The van der Waals surface area contributed by atoms with Gasteiger partial charge < -0.3 is 9.84 Å². The Labute approximate surface area is 154 Å². The summed E-state index contributed by atoms with van der Waals surface area (Å²) in [6.07, 6.45) is -1.76. The lowest BCUT2D eigenvalue weighted by Crippen LogP contribution is -2.31. The molecule has 0 bridgehead atoms. The largest absolute Gasteiger partial charge is 0.506 e. The van der Waals surface area contributed by atoms with Crippen LogP contribution >= 0.6 is 0 Å². The van der Waals surface area contributed by atoms with Gasteiger partial charge in [-0.2, -0.15) is 8.42 Å². The van der Waals surface area contributed by atoms with Gasteiger partial charge in [-0.3, -0.25) is 4.79 Å². The summed E-state index contributed by atoms with van der Waals surface area (Å²) in [4.78, 5) is 11.4. The Bertz CT molecular complexity index is 847. The molecule has 1 aliphatic carbocycles. The van der Waals surface area contributed by atoms with Crippen LogP contribution in [0.25, 0.3) is 0 Å². The highest BCUT2D eigenvalue weighted by Crippen LogP contribution is 2.39. The maximum Gasteiger partial charge on any atom is 0.326 e. The summed E-state index contributed by atoms with van der Waals surface area (Å²) in [5.74, 6) is -2.30. The second-order valence-electron chi connectivity index (χ2n) is 6.50. The van der Waals surface area contributed by atoms with E-state index in [1.165, 1.54) is 6.07 Å². The molecule has 1 saturated heterocycles.